The molecule has 0 aromatic heterocycles. The lowest BCUT2D eigenvalue weighted by Gasteiger charge is -2.19. The van der Waals surface area contributed by atoms with Crippen LogP contribution in [0.15, 0.2) is 99.2 Å². The summed E-state index contributed by atoms with van der Waals surface area (Å²) in [6.07, 6.45) is 6.98. The van der Waals surface area contributed by atoms with Crippen LogP contribution in [0.3, 0.4) is 0 Å². The number of rotatable bonds is 10. The van der Waals surface area contributed by atoms with Gasteiger partial charge in [0.15, 0.2) is 0 Å². The van der Waals surface area contributed by atoms with Crippen molar-refractivity contribution in [2.24, 2.45) is 0 Å². The van der Waals surface area contributed by atoms with Gasteiger partial charge in [0.05, 0.1) is 5.56 Å². The summed E-state index contributed by atoms with van der Waals surface area (Å²) in [5.74, 6) is -0.861. The van der Waals surface area contributed by atoms with Gasteiger partial charge < -0.3 is 25.5 Å². The highest BCUT2D eigenvalue weighted by atomic mass is 16.4. The first kappa shape index (κ1) is 32.1. The molecular formula is C27H36N2O5. The first-order valence-electron chi connectivity index (χ1n) is 10.1. The highest BCUT2D eigenvalue weighted by Crippen LogP contribution is 2.12. The Kier molecular flexibility index (Phi) is 18.5. The average Bonchev–Trinajstić information content (AvgIpc) is 2.80. The molecule has 0 saturated carbocycles. The van der Waals surface area contributed by atoms with Crippen LogP contribution in [0, 0.1) is 0 Å². The normalized spacial score (nSPS) is 8.82. The van der Waals surface area contributed by atoms with Gasteiger partial charge in [-0.1, -0.05) is 31.7 Å². The zero-order valence-corrected chi connectivity index (χ0v) is 18.7. The molecule has 2 aromatic rings. The van der Waals surface area contributed by atoms with Crippen molar-refractivity contribution >= 4 is 11.9 Å². The second-order valence-electron chi connectivity index (χ2n) is 6.42. The van der Waals surface area contributed by atoms with Crippen molar-refractivity contribution in [3.05, 3.63) is 110 Å². The highest BCUT2D eigenvalue weighted by molar-refractivity contribution is 5.94. The van der Waals surface area contributed by atoms with E-state index in [1.807, 2.05) is 12.2 Å². The van der Waals surface area contributed by atoms with Gasteiger partial charge in [-0.05, 0) is 48.5 Å². The summed E-state index contributed by atoms with van der Waals surface area (Å²) in [7, 11) is 0. The van der Waals surface area contributed by atoms with Crippen LogP contribution in [-0.2, 0) is 0 Å². The van der Waals surface area contributed by atoms with Crippen LogP contribution < -0.4 is 5.32 Å². The molecule has 0 aliphatic carbocycles. The number of phenolic OH excluding ortho intramolecular Hbond substituents is 2. The Labute approximate surface area is 202 Å². The Morgan fingerprint density at radius 3 is 1.44 bits per heavy atom. The van der Waals surface area contributed by atoms with Crippen LogP contribution in [0.5, 0.6) is 11.5 Å². The number of nitrogens with one attached hydrogen (secondary N) is 1. The molecule has 7 heteroatoms. The van der Waals surface area contributed by atoms with Gasteiger partial charge in [0, 0.05) is 31.7 Å². The molecule has 0 radical (unpaired) electrons. The van der Waals surface area contributed by atoms with Crippen molar-refractivity contribution in [1.82, 2.24) is 10.2 Å². The molecule has 4 N–H and O–H groups in total. The number of amides is 1. The van der Waals surface area contributed by atoms with Crippen LogP contribution in [0.2, 0.25) is 0 Å². The van der Waals surface area contributed by atoms with Gasteiger partial charge in [0.2, 0.25) is 0 Å². The summed E-state index contributed by atoms with van der Waals surface area (Å²) >= 11 is 0. The first-order valence-corrected chi connectivity index (χ1v) is 10.1. The quantitative estimate of drug-likeness (QED) is 0.292. The average molecular weight is 469 g/mol. The van der Waals surface area contributed by atoms with E-state index < -0.39 is 5.97 Å². The van der Waals surface area contributed by atoms with Crippen LogP contribution >= 0.6 is 0 Å². The van der Waals surface area contributed by atoms with Gasteiger partial charge in [-0.25, -0.2) is 4.79 Å². The summed E-state index contributed by atoms with van der Waals surface area (Å²) in [6, 6.07) is 11.5. The van der Waals surface area contributed by atoms with E-state index in [0.717, 1.165) is 13.1 Å². The Bertz CT molecular complexity index is 872. The predicted octanol–water partition coefficient (Wildman–Crippen LogP) is 4.88. The van der Waals surface area contributed by atoms with Crippen LogP contribution in [0.4, 0.5) is 0 Å². The SMILES string of the molecule is C.C=CCN(CC=C)C(=O)c1ccc(O)cc1.C=CCNCC=C.O=C(O)c1ccc(O)cc1. The molecule has 0 heterocycles. The fourth-order valence-corrected chi connectivity index (χ4v) is 2.23. The summed E-state index contributed by atoms with van der Waals surface area (Å²) in [6.45, 7) is 17.0. The molecule has 0 fully saturated rings. The van der Waals surface area contributed by atoms with Gasteiger partial charge >= 0.3 is 5.97 Å². The third kappa shape index (κ3) is 14.1. The number of aromatic carboxylic acids is 1. The second-order valence-corrected chi connectivity index (χ2v) is 6.42. The molecule has 1 amide bonds. The van der Waals surface area contributed by atoms with Gasteiger partial charge in [0.1, 0.15) is 11.5 Å². The lowest BCUT2D eigenvalue weighted by molar-refractivity contribution is 0.0696. The maximum absolute atomic E-state index is 12.0. The fourth-order valence-electron chi connectivity index (χ4n) is 2.23. The molecule has 184 valence electrons. The lowest BCUT2D eigenvalue weighted by Crippen LogP contribution is -2.31. The summed E-state index contributed by atoms with van der Waals surface area (Å²) in [5.41, 5.74) is 0.722. The molecule has 0 aliphatic rings. The van der Waals surface area contributed by atoms with Crippen molar-refractivity contribution in [3.63, 3.8) is 0 Å². The van der Waals surface area contributed by atoms with Crippen molar-refractivity contribution in [2.45, 2.75) is 7.43 Å². The number of phenols is 2. The Hall–Kier alpha value is -4.10. The number of hydrogen-bond donors (Lipinski definition) is 4. The molecule has 0 unspecified atom stereocenters. The largest absolute Gasteiger partial charge is 0.508 e. The Morgan fingerprint density at radius 2 is 1.12 bits per heavy atom. The number of benzene rings is 2. The third-order valence-corrected chi connectivity index (χ3v) is 3.79. The number of carboxylic acid groups (broad SMARTS) is 1. The number of hydrogen-bond acceptors (Lipinski definition) is 5. The van der Waals surface area contributed by atoms with Gasteiger partial charge in [0.25, 0.3) is 5.91 Å². The molecule has 0 aliphatic heterocycles. The van der Waals surface area contributed by atoms with Crippen molar-refractivity contribution < 1.29 is 24.9 Å². The number of nitrogens with zero attached hydrogens (tertiary/aromatic N) is 1. The van der Waals surface area contributed by atoms with Gasteiger partial charge in [-0.3, -0.25) is 4.79 Å². The molecule has 2 rings (SSSR count). The standard InChI is InChI=1S/C13H15NO2.C7H6O3.C6H11N.CH4/c1-3-9-14(10-4-2)13(16)11-5-7-12(15)8-6-11;8-6-3-1-5(2-4-6)7(9)10;1-3-5-7-6-4-2;/h3-8,15H,1-2,9-10H2;1-4,8H,(H,9,10);3-4,7H,1-2,5-6H2;1H4. The molecule has 0 bridgehead atoms. The lowest BCUT2D eigenvalue weighted by atomic mass is 10.2. The van der Waals surface area contributed by atoms with Crippen LogP contribution in [0.25, 0.3) is 0 Å². The molecule has 0 spiro atoms. The van der Waals surface area contributed by atoms with Crippen LogP contribution in [0.1, 0.15) is 28.1 Å². The third-order valence-electron chi connectivity index (χ3n) is 3.79. The van der Waals surface area contributed by atoms with E-state index in [1.165, 1.54) is 36.4 Å². The highest BCUT2D eigenvalue weighted by Gasteiger charge is 2.12. The van der Waals surface area contributed by atoms with E-state index in [2.05, 4.69) is 31.6 Å². The zero-order chi connectivity index (χ0) is 25.1. The minimum atomic E-state index is -0.986. The van der Waals surface area contributed by atoms with Gasteiger partial charge in [-0.15, -0.1) is 26.3 Å². The van der Waals surface area contributed by atoms with E-state index in [-0.39, 0.29) is 30.4 Å². The number of aromatic hydroxyl groups is 2. The first-order chi connectivity index (χ1) is 15.8. The summed E-state index contributed by atoms with van der Waals surface area (Å²) < 4.78 is 0. The van der Waals surface area contributed by atoms with E-state index in [9.17, 15) is 9.59 Å². The fraction of sp³-hybridized carbons (Fsp3) is 0.185. The predicted molar refractivity (Wildman–Crippen MR) is 139 cm³/mol. The summed E-state index contributed by atoms with van der Waals surface area (Å²) in [4.78, 5) is 23.8. The monoisotopic (exact) mass is 468 g/mol. The van der Waals surface area contributed by atoms with Crippen molar-refractivity contribution in [3.8, 4) is 11.5 Å². The molecular weight excluding hydrogens is 432 g/mol. The molecule has 7 nitrogen and oxygen atoms in total. The molecule has 2 aromatic carbocycles. The minimum absolute atomic E-state index is 0. The topological polar surface area (TPSA) is 110 Å². The Balaban J connectivity index is 0. The minimum Gasteiger partial charge on any atom is -0.508 e. The number of carboxylic acids is 1. The molecule has 0 atom stereocenters. The Morgan fingerprint density at radius 1 is 0.735 bits per heavy atom. The summed E-state index contributed by atoms with van der Waals surface area (Å²) in [5, 5.41) is 29.3. The molecule has 0 saturated heterocycles. The van der Waals surface area contributed by atoms with E-state index in [4.69, 9.17) is 15.3 Å². The van der Waals surface area contributed by atoms with E-state index in [1.54, 1.807) is 29.2 Å². The second kappa shape index (κ2) is 19.6. The number of carbonyl (C=O) groups excluding carboxylic acids is 1. The van der Waals surface area contributed by atoms with Crippen molar-refractivity contribution in [2.75, 3.05) is 26.2 Å². The van der Waals surface area contributed by atoms with Gasteiger partial charge in [-0.2, -0.15) is 0 Å². The van der Waals surface area contributed by atoms with E-state index in [0.29, 0.717) is 18.7 Å². The molecule has 34 heavy (non-hydrogen) atoms. The van der Waals surface area contributed by atoms with E-state index >= 15 is 0 Å². The van der Waals surface area contributed by atoms with Crippen molar-refractivity contribution in [1.29, 1.82) is 0 Å². The maximum atomic E-state index is 12.0. The number of carbonyl (C=O) groups is 2. The van der Waals surface area contributed by atoms with Crippen LogP contribution in [-0.4, -0.2) is 58.3 Å². The smallest absolute Gasteiger partial charge is 0.335 e. The zero-order valence-electron chi connectivity index (χ0n) is 18.7. The maximum Gasteiger partial charge on any atom is 0.335 e.